The highest BCUT2D eigenvalue weighted by Crippen LogP contribution is 2.78. The largest absolute Gasteiger partial charge is 0.508 e. The van der Waals surface area contributed by atoms with Crippen molar-refractivity contribution in [3.63, 3.8) is 0 Å². The molecule has 6 aliphatic carbocycles. The molecule has 9 nitrogen and oxygen atoms in total. The summed E-state index contributed by atoms with van der Waals surface area (Å²) < 4.78 is 6.57. The van der Waals surface area contributed by atoms with E-state index in [0.29, 0.717) is 62.8 Å². The number of fused-ring (bicyclic) bond motifs is 1. The summed E-state index contributed by atoms with van der Waals surface area (Å²) in [6.07, 6.45) is 12.2. The first-order valence-electron chi connectivity index (χ1n) is 25.7. The second-order valence-electron chi connectivity index (χ2n) is 24.5. The summed E-state index contributed by atoms with van der Waals surface area (Å²) in [5.41, 5.74) is 8.91. The van der Waals surface area contributed by atoms with Gasteiger partial charge < -0.3 is 36.4 Å². The standard InChI is InChI=1S/C56H79N3O6/c1-33(23-43(61)48-54(6,65-48)40-16-11-15-39(40)35-13-10-14-37(57)26-35)46-41-17-18-45-52(4)31-55(36-24-34(30-58-7)25-38(60)27-36)21-12-22-56(41,29-44(46)62)53(45,5)28-42-47(52)51(3,49(55)63)20-9-8-19-50(2,64)32-59-42/h10,13-14,24-27,33,39-40,42-43,45,47-48,58-61,64H,8-9,11-12,15-23,28-32,57H2,1-7H3/t33-,39+,40-,42+,43-,45-,47+,48-,50-,51-,52+,53+,54-,55+,56+/m1/s1. The summed E-state index contributed by atoms with van der Waals surface area (Å²) in [4.78, 5) is 31.3. The van der Waals surface area contributed by atoms with E-state index in [1.54, 1.807) is 0 Å². The molecule has 0 radical (unpaired) electrons. The quantitative estimate of drug-likeness (QED) is 0.107. The Morgan fingerprint density at radius 2 is 1.74 bits per heavy atom. The number of epoxide rings is 1. The van der Waals surface area contributed by atoms with Crippen molar-refractivity contribution in [2.45, 2.75) is 192 Å². The number of nitrogen functional groups attached to an aromatic ring is 1. The first-order chi connectivity index (χ1) is 30.8. The Labute approximate surface area is 388 Å². The number of carbonyl (C=O) groups is 2. The Morgan fingerprint density at radius 3 is 2.51 bits per heavy atom. The third kappa shape index (κ3) is 6.83. The Hall–Kier alpha value is -3.08. The predicted octanol–water partition coefficient (Wildman–Crippen LogP) is 9.20. The van der Waals surface area contributed by atoms with Crippen LogP contribution in [-0.2, 0) is 26.3 Å². The molecule has 8 aliphatic rings. The molecule has 2 saturated heterocycles. The molecular weight excluding hydrogens is 811 g/mol. The van der Waals surface area contributed by atoms with Gasteiger partial charge in [-0.15, -0.1) is 0 Å². The van der Waals surface area contributed by atoms with Gasteiger partial charge in [0.1, 0.15) is 17.6 Å². The smallest absolute Gasteiger partial charge is 0.160 e. The number of β-amino-alcohol motifs (C(OH)–C–C–N with tert-alkyl or cyclic N) is 1. The van der Waals surface area contributed by atoms with Crippen LogP contribution in [0.5, 0.6) is 5.75 Å². The fraction of sp³-hybridized carbons (Fsp3) is 0.714. The number of allylic oxidation sites excluding steroid dienone is 2. The minimum atomic E-state index is -0.860. The summed E-state index contributed by atoms with van der Waals surface area (Å²) in [6, 6.07) is 14.2. The lowest BCUT2D eigenvalue weighted by atomic mass is 9.32. The molecule has 65 heavy (non-hydrogen) atoms. The van der Waals surface area contributed by atoms with E-state index < -0.39 is 28.1 Å². The highest BCUT2D eigenvalue weighted by Gasteiger charge is 2.75. The molecule has 9 heteroatoms. The number of aliphatic hydroxyl groups is 2. The van der Waals surface area contributed by atoms with E-state index in [9.17, 15) is 15.3 Å². The van der Waals surface area contributed by atoms with Crippen molar-refractivity contribution >= 4 is 17.3 Å². The number of nitrogens with two attached hydrogens (primary N) is 1. The van der Waals surface area contributed by atoms with Gasteiger partial charge in [0.2, 0.25) is 0 Å². The van der Waals surface area contributed by atoms with Crippen LogP contribution in [-0.4, -0.2) is 69.9 Å². The third-order valence-corrected chi connectivity index (χ3v) is 20.5. The van der Waals surface area contributed by atoms with Crippen LogP contribution in [0.4, 0.5) is 5.69 Å². The number of rotatable bonds is 9. The van der Waals surface area contributed by atoms with E-state index in [1.807, 2.05) is 38.2 Å². The number of Topliss-reactive ketones (excluding diaryl/α,β-unsaturated/α-hetero) is 2. The number of aliphatic hydroxyl groups excluding tert-OH is 1. The molecule has 5 saturated carbocycles. The van der Waals surface area contributed by atoms with Crippen LogP contribution in [0, 0.1) is 45.3 Å². The van der Waals surface area contributed by atoms with E-state index in [-0.39, 0.29) is 57.7 Å². The molecule has 2 aliphatic heterocycles. The Balaban J connectivity index is 1.04. The van der Waals surface area contributed by atoms with Gasteiger partial charge in [0, 0.05) is 42.1 Å². The zero-order valence-electron chi connectivity index (χ0n) is 40.5. The number of benzene rings is 2. The van der Waals surface area contributed by atoms with Gasteiger partial charge in [-0.05, 0) is 178 Å². The number of phenolic OH excluding ortho intramolecular Hbond substituents is 1. The first kappa shape index (κ1) is 45.7. The van der Waals surface area contributed by atoms with Gasteiger partial charge in [-0.25, -0.2) is 0 Å². The maximum absolute atomic E-state index is 16.2. The van der Waals surface area contributed by atoms with Crippen LogP contribution < -0.4 is 16.4 Å². The molecule has 10 rings (SSSR count). The van der Waals surface area contributed by atoms with Crippen LogP contribution in [0.15, 0.2) is 53.6 Å². The second kappa shape index (κ2) is 15.7. The molecule has 15 atom stereocenters. The second-order valence-corrected chi connectivity index (χ2v) is 24.5. The fourth-order valence-electron chi connectivity index (χ4n) is 18.2. The van der Waals surface area contributed by atoms with Gasteiger partial charge in [-0.1, -0.05) is 77.2 Å². The van der Waals surface area contributed by atoms with Crippen molar-refractivity contribution in [2.75, 3.05) is 19.3 Å². The molecule has 7 fully saturated rings. The third-order valence-electron chi connectivity index (χ3n) is 20.5. The van der Waals surface area contributed by atoms with Gasteiger partial charge in [0.25, 0.3) is 0 Å². The van der Waals surface area contributed by atoms with Crippen molar-refractivity contribution < 1.29 is 29.6 Å². The molecule has 1 spiro atoms. The van der Waals surface area contributed by atoms with Gasteiger partial charge >= 0.3 is 0 Å². The van der Waals surface area contributed by atoms with Crippen LogP contribution in [0.25, 0.3) is 0 Å². The summed E-state index contributed by atoms with van der Waals surface area (Å²) in [5.74, 6) is 1.62. The van der Waals surface area contributed by atoms with Gasteiger partial charge in [-0.2, -0.15) is 0 Å². The van der Waals surface area contributed by atoms with Crippen LogP contribution in [0.3, 0.4) is 0 Å². The van der Waals surface area contributed by atoms with E-state index in [0.717, 1.165) is 93.0 Å². The van der Waals surface area contributed by atoms with Gasteiger partial charge in [-0.3, -0.25) is 9.59 Å². The Morgan fingerprint density at radius 1 is 0.954 bits per heavy atom. The molecule has 0 amide bonds. The van der Waals surface area contributed by atoms with E-state index in [4.69, 9.17) is 10.5 Å². The fourth-order valence-corrected chi connectivity index (χ4v) is 18.2. The number of aromatic hydroxyl groups is 1. The number of nitrogens with one attached hydrogen (secondary N) is 2. The maximum atomic E-state index is 16.2. The Kier molecular flexibility index (Phi) is 11.1. The predicted molar refractivity (Wildman–Crippen MR) is 255 cm³/mol. The first-order valence-corrected chi connectivity index (χ1v) is 25.7. The van der Waals surface area contributed by atoms with E-state index >= 15 is 9.59 Å². The van der Waals surface area contributed by atoms with Crippen molar-refractivity contribution in [2.24, 2.45) is 45.3 Å². The number of ether oxygens (including phenoxy) is 1. The monoisotopic (exact) mass is 890 g/mol. The number of anilines is 1. The minimum absolute atomic E-state index is 0.0223. The van der Waals surface area contributed by atoms with Crippen LogP contribution in [0.2, 0.25) is 0 Å². The highest BCUT2D eigenvalue weighted by molar-refractivity contribution is 6.01. The average Bonchev–Trinajstić information content (AvgIpc) is 3.53. The zero-order valence-corrected chi connectivity index (χ0v) is 40.5. The number of phenols is 1. The van der Waals surface area contributed by atoms with E-state index in [1.165, 1.54) is 11.1 Å². The van der Waals surface area contributed by atoms with Crippen LogP contribution in [0.1, 0.15) is 167 Å². The molecule has 2 aromatic carbocycles. The molecule has 2 heterocycles. The van der Waals surface area contributed by atoms with Crippen molar-refractivity contribution in [1.82, 2.24) is 10.6 Å². The molecule has 0 aromatic heterocycles. The SMILES string of the molecule is CNCc1cc(O)cc([C@]23CCC[C@]45CC(=O)C([C@H](C)C[C@@H](O)[C@H]6O[C@]6(C)[C@@H]6CCC[C@H]6c6cccc(N)c6)=C4CC[C@@H]4[C@](C)(C2)[C@H]2[C@H](C[C@@]45C)NC[C@](C)(O)CCCC[C@@]2(C)C3=O)c1. The van der Waals surface area contributed by atoms with Crippen LogP contribution >= 0.6 is 0 Å². The normalized spacial score (nSPS) is 44.5. The van der Waals surface area contributed by atoms with Gasteiger partial charge in [0.05, 0.1) is 22.7 Å². The van der Waals surface area contributed by atoms with E-state index in [2.05, 4.69) is 63.5 Å². The van der Waals surface area contributed by atoms with Gasteiger partial charge in [0.15, 0.2) is 5.78 Å². The summed E-state index contributed by atoms with van der Waals surface area (Å²) in [7, 11) is 1.92. The molecular formula is C56H79N3O6. The number of hydrogen-bond donors (Lipinski definition) is 6. The number of ketones is 2. The summed E-state index contributed by atoms with van der Waals surface area (Å²) in [5, 5.41) is 42.5. The highest BCUT2D eigenvalue weighted by atomic mass is 16.6. The molecule has 0 unspecified atom stereocenters. The average molecular weight is 890 g/mol. The van der Waals surface area contributed by atoms with Crippen molar-refractivity contribution in [3.8, 4) is 5.75 Å². The molecule has 7 N–H and O–H groups in total. The molecule has 354 valence electrons. The lowest BCUT2D eigenvalue weighted by molar-refractivity contribution is -0.206. The van der Waals surface area contributed by atoms with Crippen molar-refractivity contribution in [3.05, 3.63) is 70.3 Å². The number of carbonyl (C=O) groups excluding carboxylic acids is 2. The molecule has 5 bridgehead atoms. The minimum Gasteiger partial charge on any atom is -0.508 e. The lowest BCUT2D eigenvalue weighted by Crippen LogP contribution is -2.72. The maximum Gasteiger partial charge on any atom is 0.160 e. The zero-order chi connectivity index (χ0) is 46.1. The summed E-state index contributed by atoms with van der Waals surface area (Å²) in [6.45, 7) is 14.7. The molecule has 2 aromatic rings. The Bertz CT molecular complexity index is 2270. The summed E-state index contributed by atoms with van der Waals surface area (Å²) >= 11 is 0. The lowest BCUT2D eigenvalue weighted by Gasteiger charge is -2.72. The topological polar surface area (TPSA) is 157 Å². The number of hydrogen-bond acceptors (Lipinski definition) is 9. The van der Waals surface area contributed by atoms with Crippen molar-refractivity contribution in [1.29, 1.82) is 0 Å².